The number of aryl methyl sites for hydroxylation is 1. The quantitative estimate of drug-likeness (QED) is 0.876. The van der Waals surface area contributed by atoms with Gasteiger partial charge < -0.3 is 20.1 Å². The molecule has 2 heterocycles. The summed E-state index contributed by atoms with van der Waals surface area (Å²) in [5, 5.41) is 12.0. The van der Waals surface area contributed by atoms with E-state index in [9.17, 15) is 0 Å². The number of hydrogen-bond acceptors (Lipinski definition) is 6. The Labute approximate surface area is 136 Å². The Morgan fingerprint density at radius 2 is 2.13 bits per heavy atom. The van der Waals surface area contributed by atoms with Crippen LogP contribution in [-0.4, -0.2) is 41.9 Å². The van der Waals surface area contributed by atoms with Gasteiger partial charge in [0.1, 0.15) is 23.2 Å². The van der Waals surface area contributed by atoms with Crippen LogP contribution in [0.3, 0.4) is 0 Å². The highest BCUT2D eigenvalue weighted by atomic mass is 16.5. The second kappa shape index (κ2) is 6.83. The van der Waals surface area contributed by atoms with Crippen LogP contribution in [0.15, 0.2) is 24.3 Å². The van der Waals surface area contributed by atoms with Crippen molar-refractivity contribution >= 4 is 11.6 Å². The number of aromatic nitrogens is 2. The highest BCUT2D eigenvalue weighted by Crippen LogP contribution is 2.27. The molecule has 1 aliphatic heterocycles. The molecule has 0 saturated heterocycles. The third-order valence-electron chi connectivity index (χ3n) is 3.99. The van der Waals surface area contributed by atoms with Gasteiger partial charge in [-0.15, -0.1) is 0 Å². The van der Waals surface area contributed by atoms with Crippen molar-refractivity contribution in [3.63, 3.8) is 0 Å². The van der Waals surface area contributed by atoms with Crippen LogP contribution in [0.25, 0.3) is 0 Å². The lowest BCUT2D eigenvalue weighted by Gasteiger charge is -2.30. The maximum absolute atomic E-state index is 8.94. The summed E-state index contributed by atoms with van der Waals surface area (Å²) >= 11 is 0. The van der Waals surface area contributed by atoms with Gasteiger partial charge in [-0.25, -0.2) is 9.97 Å². The molecule has 2 N–H and O–H groups in total. The molecule has 122 valence electrons. The Kier molecular flexibility index (Phi) is 4.62. The third-order valence-corrected chi connectivity index (χ3v) is 3.99. The summed E-state index contributed by atoms with van der Waals surface area (Å²) in [5.74, 6) is 3.30. The van der Waals surface area contributed by atoms with Gasteiger partial charge >= 0.3 is 0 Å². The Hall–Kier alpha value is -2.34. The van der Waals surface area contributed by atoms with Crippen LogP contribution in [0.4, 0.5) is 11.6 Å². The van der Waals surface area contributed by atoms with E-state index < -0.39 is 0 Å². The number of aliphatic hydroxyl groups excluding tert-OH is 1. The van der Waals surface area contributed by atoms with Crippen molar-refractivity contribution in [1.82, 2.24) is 9.97 Å². The lowest BCUT2D eigenvalue weighted by atomic mass is 9.99. The number of rotatable bonds is 5. The molecule has 1 aliphatic rings. The monoisotopic (exact) mass is 314 g/mol. The molecule has 0 unspecified atom stereocenters. The average molecular weight is 314 g/mol. The molecule has 0 bridgehead atoms. The van der Waals surface area contributed by atoms with Gasteiger partial charge in [-0.3, -0.25) is 0 Å². The number of fused-ring (bicyclic) bond motifs is 1. The normalized spacial score (nSPS) is 13.6. The maximum Gasteiger partial charge on any atom is 0.134 e. The van der Waals surface area contributed by atoms with Gasteiger partial charge in [0.25, 0.3) is 0 Å². The van der Waals surface area contributed by atoms with Crippen LogP contribution in [0.5, 0.6) is 5.75 Å². The van der Waals surface area contributed by atoms with E-state index in [4.69, 9.17) is 9.84 Å². The van der Waals surface area contributed by atoms with Crippen molar-refractivity contribution in [2.75, 3.05) is 37.0 Å². The number of methoxy groups -OCH3 is 1. The molecule has 0 radical (unpaired) electrons. The SMILES string of the molecule is COc1ccc2c(c1)CCN(c1cc(NCCO)nc(C)n1)C2. The molecule has 6 nitrogen and oxygen atoms in total. The first-order chi connectivity index (χ1) is 11.2. The largest absolute Gasteiger partial charge is 0.497 e. The number of hydrogen-bond donors (Lipinski definition) is 2. The number of nitrogens with one attached hydrogen (secondary N) is 1. The number of ether oxygens (including phenoxy) is 1. The Balaban J connectivity index is 1.81. The molecule has 23 heavy (non-hydrogen) atoms. The fraction of sp³-hybridized carbons (Fsp3) is 0.412. The predicted octanol–water partition coefficient (Wildman–Crippen LogP) is 1.76. The molecule has 0 atom stereocenters. The van der Waals surface area contributed by atoms with E-state index >= 15 is 0 Å². The van der Waals surface area contributed by atoms with Gasteiger partial charge in [0, 0.05) is 25.7 Å². The van der Waals surface area contributed by atoms with Crippen molar-refractivity contribution in [2.45, 2.75) is 19.9 Å². The van der Waals surface area contributed by atoms with Crippen molar-refractivity contribution in [1.29, 1.82) is 0 Å². The second-order valence-electron chi connectivity index (χ2n) is 5.62. The Bertz CT molecular complexity index is 690. The minimum atomic E-state index is 0.0807. The molecule has 3 rings (SSSR count). The minimum Gasteiger partial charge on any atom is -0.497 e. The summed E-state index contributed by atoms with van der Waals surface area (Å²) in [4.78, 5) is 11.2. The van der Waals surface area contributed by atoms with Gasteiger partial charge in [-0.1, -0.05) is 6.07 Å². The van der Waals surface area contributed by atoms with Crippen LogP contribution in [0.2, 0.25) is 0 Å². The van der Waals surface area contributed by atoms with E-state index in [1.165, 1.54) is 11.1 Å². The molecule has 0 saturated carbocycles. The zero-order valence-corrected chi connectivity index (χ0v) is 13.5. The van der Waals surface area contributed by atoms with Gasteiger partial charge in [-0.05, 0) is 36.6 Å². The molecule has 6 heteroatoms. The van der Waals surface area contributed by atoms with E-state index in [1.54, 1.807) is 7.11 Å². The van der Waals surface area contributed by atoms with Crippen molar-refractivity contribution in [3.05, 3.63) is 41.2 Å². The van der Waals surface area contributed by atoms with Gasteiger partial charge in [0.2, 0.25) is 0 Å². The summed E-state index contributed by atoms with van der Waals surface area (Å²) in [6.07, 6.45) is 0.967. The molecule has 1 aromatic heterocycles. The lowest BCUT2D eigenvalue weighted by Crippen LogP contribution is -2.31. The smallest absolute Gasteiger partial charge is 0.134 e. The van der Waals surface area contributed by atoms with Crippen molar-refractivity contribution in [3.8, 4) is 5.75 Å². The fourth-order valence-electron chi connectivity index (χ4n) is 2.84. The first kappa shape index (κ1) is 15.6. The fourth-order valence-corrected chi connectivity index (χ4v) is 2.84. The molecular weight excluding hydrogens is 292 g/mol. The van der Waals surface area contributed by atoms with Gasteiger partial charge in [0.05, 0.1) is 13.7 Å². The van der Waals surface area contributed by atoms with Crippen LogP contribution in [0, 0.1) is 6.92 Å². The Morgan fingerprint density at radius 3 is 2.91 bits per heavy atom. The van der Waals surface area contributed by atoms with Gasteiger partial charge in [-0.2, -0.15) is 0 Å². The summed E-state index contributed by atoms with van der Waals surface area (Å²) < 4.78 is 5.30. The van der Waals surface area contributed by atoms with Crippen LogP contribution in [0.1, 0.15) is 17.0 Å². The minimum absolute atomic E-state index is 0.0807. The van der Waals surface area contributed by atoms with E-state index in [0.717, 1.165) is 42.7 Å². The van der Waals surface area contributed by atoms with Gasteiger partial charge in [0.15, 0.2) is 0 Å². The zero-order valence-electron chi connectivity index (χ0n) is 13.5. The topological polar surface area (TPSA) is 70.5 Å². The highest BCUT2D eigenvalue weighted by Gasteiger charge is 2.19. The van der Waals surface area contributed by atoms with E-state index in [0.29, 0.717) is 6.54 Å². The number of benzene rings is 1. The predicted molar refractivity (Wildman–Crippen MR) is 90.1 cm³/mol. The Morgan fingerprint density at radius 1 is 1.26 bits per heavy atom. The van der Waals surface area contributed by atoms with E-state index in [-0.39, 0.29) is 6.61 Å². The second-order valence-corrected chi connectivity index (χ2v) is 5.62. The number of anilines is 2. The van der Waals surface area contributed by atoms with Crippen molar-refractivity contribution < 1.29 is 9.84 Å². The first-order valence-corrected chi connectivity index (χ1v) is 7.81. The molecule has 2 aromatic rings. The van der Waals surface area contributed by atoms with Crippen LogP contribution >= 0.6 is 0 Å². The molecule has 0 spiro atoms. The number of aliphatic hydroxyl groups is 1. The van der Waals surface area contributed by atoms with Crippen molar-refractivity contribution in [2.24, 2.45) is 0 Å². The lowest BCUT2D eigenvalue weighted by molar-refractivity contribution is 0.311. The molecule has 1 aromatic carbocycles. The van der Waals surface area contributed by atoms with E-state index in [2.05, 4.69) is 32.3 Å². The van der Waals surface area contributed by atoms with E-state index in [1.807, 2.05) is 19.1 Å². The third kappa shape index (κ3) is 3.53. The highest BCUT2D eigenvalue weighted by molar-refractivity contribution is 5.52. The maximum atomic E-state index is 8.94. The van der Waals surface area contributed by atoms with Crippen LogP contribution in [-0.2, 0) is 13.0 Å². The number of nitrogens with zero attached hydrogens (tertiary/aromatic N) is 3. The molecular formula is C17H22N4O2. The zero-order chi connectivity index (χ0) is 16.2. The van der Waals surface area contributed by atoms with Crippen LogP contribution < -0.4 is 15.0 Å². The summed E-state index contributed by atoms with van der Waals surface area (Å²) in [7, 11) is 1.70. The standard InChI is InChI=1S/C17H22N4O2/c1-12-19-16(18-6-8-22)10-17(20-12)21-7-5-13-9-15(23-2)4-3-14(13)11-21/h3-4,9-10,22H,5-8,11H2,1-2H3,(H,18,19,20). The summed E-state index contributed by atoms with van der Waals surface area (Å²) in [5.41, 5.74) is 2.64. The summed E-state index contributed by atoms with van der Waals surface area (Å²) in [6, 6.07) is 8.18. The molecule has 0 amide bonds. The average Bonchev–Trinajstić information content (AvgIpc) is 2.58. The first-order valence-electron chi connectivity index (χ1n) is 7.81. The summed E-state index contributed by atoms with van der Waals surface area (Å²) in [6.45, 7) is 4.19. The molecule has 0 aliphatic carbocycles. The molecule has 0 fully saturated rings.